The highest BCUT2D eigenvalue weighted by Crippen LogP contribution is 2.24. The quantitative estimate of drug-likeness (QED) is 0.533. The Kier molecular flexibility index (Phi) is 5.08. The molecule has 0 spiro atoms. The summed E-state index contributed by atoms with van der Waals surface area (Å²) in [5.41, 5.74) is 3.31. The zero-order valence-corrected chi connectivity index (χ0v) is 10.3. The summed E-state index contributed by atoms with van der Waals surface area (Å²) >= 11 is 0. The van der Waals surface area contributed by atoms with Gasteiger partial charge in [0.25, 0.3) is 0 Å². The number of hydrogen-bond acceptors (Lipinski definition) is 2. The van der Waals surface area contributed by atoms with Crippen LogP contribution in [0.3, 0.4) is 0 Å². The van der Waals surface area contributed by atoms with Gasteiger partial charge in [-0.1, -0.05) is 49.9 Å². The molecule has 2 nitrogen and oxygen atoms in total. The Labute approximate surface area is 102 Å². The van der Waals surface area contributed by atoms with E-state index in [0.29, 0.717) is 5.70 Å². The second-order valence-electron chi connectivity index (χ2n) is 3.72. The first-order valence-electron chi connectivity index (χ1n) is 5.67. The van der Waals surface area contributed by atoms with Crippen molar-refractivity contribution in [3.63, 3.8) is 0 Å². The van der Waals surface area contributed by atoms with Crippen molar-refractivity contribution >= 4 is 5.57 Å². The molecule has 0 saturated heterocycles. The summed E-state index contributed by atoms with van der Waals surface area (Å²) < 4.78 is 0. The van der Waals surface area contributed by atoms with Crippen molar-refractivity contribution in [2.75, 3.05) is 0 Å². The minimum Gasteiger partial charge on any atom is -0.145 e. The molecule has 0 aliphatic carbocycles. The van der Waals surface area contributed by atoms with E-state index in [-0.39, 0.29) is 0 Å². The van der Waals surface area contributed by atoms with E-state index >= 15 is 0 Å². The van der Waals surface area contributed by atoms with E-state index in [0.717, 1.165) is 23.1 Å². The van der Waals surface area contributed by atoms with E-state index < -0.39 is 0 Å². The maximum atomic E-state index is 10.9. The maximum absolute atomic E-state index is 10.9. The van der Waals surface area contributed by atoms with Crippen LogP contribution in [0.4, 0.5) is 0 Å². The van der Waals surface area contributed by atoms with Gasteiger partial charge in [0.15, 0.2) is 0 Å². The van der Waals surface area contributed by atoms with Crippen molar-refractivity contribution < 1.29 is 0 Å². The van der Waals surface area contributed by atoms with Gasteiger partial charge in [0.1, 0.15) is 5.70 Å². The fourth-order valence-electron chi connectivity index (χ4n) is 1.63. The van der Waals surface area contributed by atoms with Crippen LogP contribution in [-0.2, 0) is 0 Å². The molecular formula is C15H17NO. The van der Waals surface area contributed by atoms with E-state index in [2.05, 4.69) is 11.8 Å². The Hall–Kier alpha value is -1.96. The molecule has 0 aromatic heterocycles. The molecule has 0 saturated carbocycles. The number of rotatable bonds is 5. The summed E-state index contributed by atoms with van der Waals surface area (Å²) in [7, 11) is 0. The second-order valence-corrected chi connectivity index (χ2v) is 3.72. The largest absolute Gasteiger partial charge is 0.145 e. The van der Waals surface area contributed by atoms with Gasteiger partial charge in [-0.15, -0.1) is 4.91 Å². The lowest BCUT2D eigenvalue weighted by atomic mass is 9.99. The summed E-state index contributed by atoms with van der Waals surface area (Å²) in [6.45, 7) is 7.78. The van der Waals surface area contributed by atoms with E-state index in [1.54, 1.807) is 12.2 Å². The highest BCUT2D eigenvalue weighted by molar-refractivity contribution is 5.79. The van der Waals surface area contributed by atoms with E-state index in [1.165, 1.54) is 0 Å². The lowest BCUT2D eigenvalue weighted by molar-refractivity contribution is 1.21. The molecule has 1 aromatic carbocycles. The van der Waals surface area contributed by atoms with E-state index in [1.807, 2.05) is 44.2 Å². The number of nitrogens with zero attached hydrogens (tertiary/aromatic N) is 1. The minimum absolute atomic E-state index is 0.427. The van der Waals surface area contributed by atoms with Gasteiger partial charge in [-0.2, -0.15) is 0 Å². The van der Waals surface area contributed by atoms with Gasteiger partial charge in [-0.05, 0) is 35.7 Å². The molecule has 0 aliphatic rings. The van der Waals surface area contributed by atoms with Gasteiger partial charge in [-0.3, -0.25) is 0 Å². The molecule has 88 valence electrons. The summed E-state index contributed by atoms with van der Waals surface area (Å²) in [6, 6.07) is 7.88. The molecule has 2 heteroatoms. The third kappa shape index (κ3) is 3.25. The number of hydrogen-bond donors (Lipinski definition) is 0. The van der Waals surface area contributed by atoms with Gasteiger partial charge in [-0.25, -0.2) is 0 Å². The molecule has 0 atom stereocenters. The zero-order chi connectivity index (χ0) is 12.7. The Morgan fingerprint density at radius 3 is 2.65 bits per heavy atom. The second kappa shape index (κ2) is 6.59. The van der Waals surface area contributed by atoms with Gasteiger partial charge in [0.2, 0.25) is 0 Å². The average molecular weight is 227 g/mol. The van der Waals surface area contributed by atoms with E-state index in [9.17, 15) is 4.91 Å². The first-order chi connectivity index (χ1) is 8.24. The van der Waals surface area contributed by atoms with Gasteiger partial charge in [0, 0.05) is 5.57 Å². The van der Waals surface area contributed by atoms with Crippen molar-refractivity contribution in [2.24, 2.45) is 5.18 Å². The van der Waals surface area contributed by atoms with Crippen LogP contribution in [0.15, 0.2) is 59.9 Å². The van der Waals surface area contributed by atoms with Crippen LogP contribution in [0.25, 0.3) is 5.57 Å². The predicted octanol–water partition coefficient (Wildman–Crippen LogP) is 4.62. The Bertz CT molecular complexity index is 470. The van der Waals surface area contributed by atoms with Crippen LogP contribution < -0.4 is 0 Å². The van der Waals surface area contributed by atoms with E-state index in [4.69, 9.17) is 0 Å². The molecule has 0 unspecified atom stereocenters. The first-order valence-corrected chi connectivity index (χ1v) is 5.67. The zero-order valence-electron chi connectivity index (χ0n) is 10.3. The molecule has 1 aromatic rings. The first kappa shape index (κ1) is 13.1. The van der Waals surface area contributed by atoms with Crippen LogP contribution in [0.5, 0.6) is 0 Å². The maximum Gasteiger partial charge on any atom is 0.115 e. The summed E-state index contributed by atoms with van der Waals surface area (Å²) in [5, 5.41) is 3.09. The SMILES string of the molecule is C=C/C(=C(\C=C/CC)N=O)c1ccccc1C. The smallest absolute Gasteiger partial charge is 0.115 e. The number of benzene rings is 1. The van der Waals surface area contributed by atoms with Crippen LogP contribution in [0.1, 0.15) is 24.5 Å². The standard InChI is InChI=1S/C15H17NO/c1-4-6-11-15(16-17)13(5-2)14-10-8-7-9-12(14)3/h5-11H,2,4H2,1,3H3/b11-6-,15-13-. The number of allylic oxidation sites excluding steroid dienone is 4. The summed E-state index contributed by atoms with van der Waals surface area (Å²) in [5.74, 6) is 0. The van der Waals surface area contributed by atoms with Crippen molar-refractivity contribution in [1.29, 1.82) is 0 Å². The van der Waals surface area contributed by atoms with Crippen molar-refractivity contribution in [3.8, 4) is 0 Å². The third-order valence-electron chi connectivity index (χ3n) is 2.53. The average Bonchev–Trinajstić information content (AvgIpc) is 2.36. The highest BCUT2D eigenvalue weighted by Gasteiger charge is 2.06. The van der Waals surface area contributed by atoms with Crippen LogP contribution in [-0.4, -0.2) is 0 Å². The lowest BCUT2D eigenvalue weighted by Crippen LogP contribution is -1.89. The van der Waals surface area contributed by atoms with Crippen molar-refractivity contribution in [2.45, 2.75) is 20.3 Å². The highest BCUT2D eigenvalue weighted by atomic mass is 16.3. The lowest BCUT2D eigenvalue weighted by Gasteiger charge is -2.07. The Morgan fingerprint density at radius 1 is 1.41 bits per heavy atom. The molecule has 0 fully saturated rings. The van der Waals surface area contributed by atoms with Crippen LogP contribution in [0, 0.1) is 11.8 Å². The molecule has 0 radical (unpaired) electrons. The fraction of sp³-hybridized carbons (Fsp3) is 0.200. The third-order valence-corrected chi connectivity index (χ3v) is 2.53. The van der Waals surface area contributed by atoms with Gasteiger partial charge < -0.3 is 0 Å². The van der Waals surface area contributed by atoms with Crippen molar-refractivity contribution in [1.82, 2.24) is 0 Å². The van der Waals surface area contributed by atoms with Gasteiger partial charge >= 0.3 is 0 Å². The van der Waals surface area contributed by atoms with Gasteiger partial charge in [0.05, 0.1) is 0 Å². The Balaban J connectivity index is 3.34. The summed E-state index contributed by atoms with van der Waals surface area (Å²) in [6.07, 6.45) is 6.21. The molecule has 17 heavy (non-hydrogen) atoms. The predicted molar refractivity (Wildman–Crippen MR) is 73.5 cm³/mol. The molecule has 1 rings (SSSR count). The molecule has 0 N–H and O–H groups in total. The molecular weight excluding hydrogens is 210 g/mol. The number of nitroso groups, excluding NO2 is 1. The molecule has 0 amide bonds. The summed E-state index contributed by atoms with van der Waals surface area (Å²) in [4.78, 5) is 10.9. The molecule has 0 bridgehead atoms. The van der Waals surface area contributed by atoms with Crippen LogP contribution in [0.2, 0.25) is 0 Å². The molecule has 0 heterocycles. The number of aryl methyl sites for hydroxylation is 1. The monoisotopic (exact) mass is 227 g/mol. The van der Waals surface area contributed by atoms with Crippen molar-refractivity contribution in [3.05, 3.63) is 70.8 Å². The topological polar surface area (TPSA) is 29.4 Å². The normalized spacial score (nSPS) is 12.4. The minimum atomic E-state index is 0.427. The Morgan fingerprint density at radius 2 is 2.12 bits per heavy atom. The fourth-order valence-corrected chi connectivity index (χ4v) is 1.63. The van der Waals surface area contributed by atoms with Crippen LogP contribution >= 0.6 is 0 Å². The molecule has 0 aliphatic heterocycles.